The molecular formula is C18H31N5O8. The first kappa shape index (κ1) is 27.8. The van der Waals surface area contributed by atoms with Crippen LogP contribution < -0.4 is 27.4 Å². The van der Waals surface area contributed by atoms with Crippen molar-refractivity contribution in [2.24, 2.45) is 23.3 Å². The molecule has 4 atom stereocenters. The summed E-state index contributed by atoms with van der Waals surface area (Å²) in [5, 5.41) is 24.8. The number of carbonyl (C=O) groups excluding carboxylic acids is 4. The molecule has 0 aromatic heterocycles. The Hall–Kier alpha value is -3.22. The lowest BCUT2D eigenvalue weighted by atomic mass is 9.99. The molecule has 0 aliphatic carbocycles. The van der Waals surface area contributed by atoms with Gasteiger partial charge in [0.25, 0.3) is 0 Å². The second-order valence-corrected chi connectivity index (χ2v) is 7.73. The van der Waals surface area contributed by atoms with Crippen LogP contribution in [-0.4, -0.2) is 69.9 Å². The number of nitrogens with one attached hydrogen (secondary N) is 3. The van der Waals surface area contributed by atoms with E-state index >= 15 is 0 Å². The van der Waals surface area contributed by atoms with Gasteiger partial charge in [-0.3, -0.25) is 24.0 Å². The van der Waals surface area contributed by atoms with Crippen LogP contribution >= 0.6 is 0 Å². The van der Waals surface area contributed by atoms with Crippen molar-refractivity contribution in [2.45, 2.75) is 64.7 Å². The summed E-state index contributed by atoms with van der Waals surface area (Å²) in [7, 11) is 0. The van der Waals surface area contributed by atoms with Crippen LogP contribution in [0.3, 0.4) is 0 Å². The summed E-state index contributed by atoms with van der Waals surface area (Å²) in [4.78, 5) is 70.3. The molecule has 4 unspecified atom stereocenters. The molecule has 4 amide bonds. The minimum absolute atomic E-state index is 0.446. The fourth-order valence-corrected chi connectivity index (χ4v) is 2.52. The topological polar surface area (TPSA) is 231 Å². The number of nitrogens with two attached hydrogens (primary N) is 2. The fraction of sp³-hybridized carbons (Fsp3) is 0.667. The molecule has 9 N–H and O–H groups in total. The Bertz CT molecular complexity index is 709. The van der Waals surface area contributed by atoms with Gasteiger partial charge in [-0.2, -0.15) is 0 Å². The van der Waals surface area contributed by atoms with Crippen molar-refractivity contribution < 1.29 is 39.0 Å². The molecule has 0 rings (SSSR count). The van der Waals surface area contributed by atoms with Gasteiger partial charge in [0.1, 0.15) is 18.1 Å². The predicted molar refractivity (Wildman–Crippen MR) is 107 cm³/mol. The fourth-order valence-electron chi connectivity index (χ4n) is 2.52. The van der Waals surface area contributed by atoms with Crippen LogP contribution in [0, 0.1) is 11.8 Å². The molecule has 0 bridgehead atoms. The van der Waals surface area contributed by atoms with E-state index in [1.165, 1.54) is 0 Å². The number of amides is 4. The summed E-state index contributed by atoms with van der Waals surface area (Å²) in [6.07, 6.45) is -1.27. The normalized spacial score (nSPS) is 14.8. The maximum absolute atomic E-state index is 12.7. The molecule has 176 valence electrons. The Morgan fingerprint density at radius 2 is 1.16 bits per heavy atom. The third kappa shape index (κ3) is 9.89. The van der Waals surface area contributed by atoms with Crippen LogP contribution in [0.15, 0.2) is 0 Å². The van der Waals surface area contributed by atoms with Crippen LogP contribution in [-0.2, 0) is 28.8 Å². The zero-order chi connectivity index (χ0) is 24.5. The number of aliphatic carboxylic acids is 2. The average Bonchev–Trinajstić information content (AvgIpc) is 2.61. The number of carbonyl (C=O) groups is 6. The van der Waals surface area contributed by atoms with E-state index in [4.69, 9.17) is 21.7 Å². The maximum Gasteiger partial charge on any atom is 0.326 e. The van der Waals surface area contributed by atoms with Crippen molar-refractivity contribution in [3.05, 3.63) is 0 Å². The lowest BCUT2D eigenvalue weighted by Gasteiger charge is -2.28. The number of hydrogen-bond acceptors (Lipinski definition) is 7. The van der Waals surface area contributed by atoms with E-state index in [2.05, 4.69) is 16.0 Å². The van der Waals surface area contributed by atoms with Crippen LogP contribution in [0.4, 0.5) is 0 Å². The second kappa shape index (κ2) is 12.5. The molecule has 0 radical (unpaired) electrons. The number of primary amides is 1. The average molecular weight is 445 g/mol. The number of rotatable bonds is 13. The summed E-state index contributed by atoms with van der Waals surface area (Å²) in [6, 6.07) is -5.27. The molecule has 0 aromatic carbocycles. The van der Waals surface area contributed by atoms with Crippen LogP contribution in [0.1, 0.15) is 40.5 Å². The Balaban J connectivity index is 5.38. The molecule has 31 heavy (non-hydrogen) atoms. The quantitative estimate of drug-likeness (QED) is 0.159. The summed E-state index contributed by atoms with van der Waals surface area (Å²) >= 11 is 0. The van der Waals surface area contributed by atoms with Gasteiger partial charge in [0.15, 0.2) is 0 Å². The van der Waals surface area contributed by atoms with Gasteiger partial charge in [0.05, 0.1) is 18.9 Å². The largest absolute Gasteiger partial charge is 0.481 e. The Labute approximate surface area is 179 Å². The third-order valence-electron chi connectivity index (χ3n) is 4.24. The molecular weight excluding hydrogens is 414 g/mol. The van der Waals surface area contributed by atoms with Gasteiger partial charge in [0, 0.05) is 0 Å². The van der Waals surface area contributed by atoms with Crippen molar-refractivity contribution in [1.82, 2.24) is 16.0 Å². The third-order valence-corrected chi connectivity index (χ3v) is 4.24. The minimum Gasteiger partial charge on any atom is -0.481 e. The van der Waals surface area contributed by atoms with Crippen molar-refractivity contribution in [1.29, 1.82) is 0 Å². The SMILES string of the molecule is CC(C)C(NC(=O)C(N)CC(=O)O)C(=O)NC(C(=O)NC(CC(N)=O)C(=O)O)C(C)C. The van der Waals surface area contributed by atoms with Gasteiger partial charge < -0.3 is 37.6 Å². The van der Waals surface area contributed by atoms with E-state index in [1.807, 2.05) is 0 Å². The first-order chi connectivity index (χ1) is 14.2. The molecule has 0 heterocycles. The molecule has 13 heteroatoms. The molecule has 0 spiro atoms. The molecule has 0 fully saturated rings. The van der Waals surface area contributed by atoms with Gasteiger partial charge >= 0.3 is 11.9 Å². The Kier molecular flexibility index (Phi) is 11.2. The standard InChI is InChI=1S/C18H31N5O8/c1-7(2)13(16(28)21-10(18(30)31)6-11(20)24)23-17(29)14(8(3)4)22-15(27)9(19)5-12(25)26/h7-10,13-14H,5-6,19H2,1-4H3,(H2,20,24)(H,21,28)(H,22,27)(H,23,29)(H,25,26)(H,30,31). The smallest absolute Gasteiger partial charge is 0.326 e. The zero-order valence-electron chi connectivity index (χ0n) is 17.9. The van der Waals surface area contributed by atoms with E-state index in [9.17, 15) is 28.8 Å². The highest BCUT2D eigenvalue weighted by molar-refractivity contribution is 5.95. The van der Waals surface area contributed by atoms with Gasteiger partial charge in [-0.25, -0.2) is 4.79 Å². The number of hydrogen-bond donors (Lipinski definition) is 7. The molecule has 13 nitrogen and oxygen atoms in total. The molecule has 0 saturated carbocycles. The van der Waals surface area contributed by atoms with Crippen LogP contribution in [0.5, 0.6) is 0 Å². The van der Waals surface area contributed by atoms with E-state index in [0.717, 1.165) is 0 Å². The van der Waals surface area contributed by atoms with Crippen molar-refractivity contribution in [3.63, 3.8) is 0 Å². The summed E-state index contributed by atoms with van der Waals surface area (Å²) in [6.45, 7) is 6.43. The van der Waals surface area contributed by atoms with Crippen LogP contribution in [0.25, 0.3) is 0 Å². The van der Waals surface area contributed by atoms with Gasteiger partial charge in [0.2, 0.25) is 23.6 Å². The number of carboxylic acids is 2. The second-order valence-electron chi connectivity index (χ2n) is 7.73. The van der Waals surface area contributed by atoms with Crippen molar-refractivity contribution in [2.75, 3.05) is 0 Å². The maximum atomic E-state index is 12.7. The van der Waals surface area contributed by atoms with Gasteiger partial charge in [-0.1, -0.05) is 27.7 Å². The highest BCUT2D eigenvalue weighted by Gasteiger charge is 2.33. The first-order valence-corrected chi connectivity index (χ1v) is 9.56. The van der Waals surface area contributed by atoms with E-state index in [1.54, 1.807) is 27.7 Å². The lowest BCUT2D eigenvalue weighted by molar-refractivity contribution is -0.144. The van der Waals surface area contributed by atoms with Gasteiger partial charge in [-0.05, 0) is 11.8 Å². The zero-order valence-corrected chi connectivity index (χ0v) is 17.9. The molecule has 0 aliphatic heterocycles. The van der Waals surface area contributed by atoms with Gasteiger partial charge in [-0.15, -0.1) is 0 Å². The highest BCUT2D eigenvalue weighted by Crippen LogP contribution is 2.08. The lowest BCUT2D eigenvalue weighted by Crippen LogP contribution is -2.59. The van der Waals surface area contributed by atoms with Crippen LogP contribution in [0.2, 0.25) is 0 Å². The van der Waals surface area contributed by atoms with E-state index in [-0.39, 0.29) is 0 Å². The number of carboxylic acid groups (broad SMARTS) is 2. The summed E-state index contributed by atoms with van der Waals surface area (Å²) in [5.74, 6) is -7.07. The highest BCUT2D eigenvalue weighted by atomic mass is 16.4. The first-order valence-electron chi connectivity index (χ1n) is 9.56. The molecule has 0 aromatic rings. The summed E-state index contributed by atoms with van der Waals surface area (Å²) < 4.78 is 0. The minimum atomic E-state index is -1.57. The van der Waals surface area contributed by atoms with E-state index < -0.39 is 84.4 Å². The molecule has 0 saturated heterocycles. The Morgan fingerprint density at radius 1 is 0.742 bits per heavy atom. The van der Waals surface area contributed by atoms with Crippen molar-refractivity contribution >= 4 is 35.6 Å². The monoisotopic (exact) mass is 445 g/mol. The Morgan fingerprint density at radius 3 is 1.52 bits per heavy atom. The van der Waals surface area contributed by atoms with E-state index in [0.29, 0.717) is 0 Å². The summed E-state index contributed by atoms with van der Waals surface area (Å²) in [5.41, 5.74) is 10.5. The predicted octanol–water partition coefficient (Wildman–Crippen LogP) is -2.49. The van der Waals surface area contributed by atoms with Crippen molar-refractivity contribution in [3.8, 4) is 0 Å². The molecule has 0 aliphatic rings.